The first-order chi connectivity index (χ1) is 39.1. The van der Waals surface area contributed by atoms with Gasteiger partial charge in [-0.25, -0.2) is 0 Å². The first-order valence-corrected chi connectivity index (χ1v) is 32.9. The average Bonchev–Trinajstić information content (AvgIpc) is 3.43. The van der Waals surface area contributed by atoms with Crippen LogP contribution >= 0.6 is 0 Å². The van der Waals surface area contributed by atoms with Gasteiger partial charge in [0, 0.05) is 12.8 Å². The van der Waals surface area contributed by atoms with Crippen molar-refractivity contribution in [2.24, 2.45) is 0 Å². The Morgan fingerprint density at radius 1 is 0.388 bits per heavy atom. The Bertz CT molecular complexity index is 1630. The molecular weight excluding hydrogens is 995 g/mol. The van der Waals surface area contributed by atoms with Crippen LogP contribution < -0.4 is 5.11 Å². The van der Waals surface area contributed by atoms with Gasteiger partial charge in [-0.3, -0.25) is 9.59 Å². The van der Waals surface area contributed by atoms with Crippen LogP contribution in [0, 0.1) is 0 Å². The molecule has 9 heteroatoms. The lowest BCUT2D eigenvalue weighted by Gasteiger charge is -2.26. The van der Waals surface area contributed by atoms with Gasteiger partial charge in [0.15, 0.2) is 12.4 Å². The van der Waals surface area contributed by atoms with E-state index in [2.05, 4.69) is 111 Å². The molecule has 0 aliphatic rings. The highest BCUT2D eigenvalue weighted by atomic mass is 16.7. The van der Waals surface area contributed by atoms with Crippen LogP contribution in [0.2, 0.25) is 0 Å². The standard InChI is InChI=1S/C71H123NO8/c1-6-8-10-12-14-16-18-20-22-23-24-25-26-27-28-29-30-31-32-33-34-35-36-37-38-39-40-41-42-43-44-45-46-47-48-50-52-54-56-58-60-62-69(74)80-67(66-79-71(70(75)76)77-64-63-72(3,4)5)65-78-68(73)61-59-57-55-53-51-49-21-19-17-15-13-11-9-7-2/h8,10,13-16,19-22,24-25,27-28,30-31,67,71H,6-7,9,11-12,17-18,23,26,29,32-66H2,1-5H3/b10-8-,15-13-,16-14-,21-19-,22-20-,25-24-,28-27-,31-30-. The Labute approximate surface area is 492 Å². The number of likely N-dealkylation sites (N-methyl/N-ethyl adjacent to an activating group) is 1. The van der Waals surface area contributed by atoms with Crippen LogP contribution in [0.5, 0.6) is 0 Å². The van der Waals surface area contributed by atoms with E-state index in [0.29, 0.717) is 17.4 Å². The van der Waals surface area contributed by atoms with E-state index >= 15 is 0 Å². The monoisotopic (exact) mass is 1120 g/mol. The molecule has 9 nitrogen and oxygen atoms in total. The third kappa shape index (κ3) is 61.8. The van der Waals surface area contributed by atoms with Crippen LogP contribution in [0.15, 0.2) is 97.2 Å². The maximum absolute atomic E-state index is 12.9. The Kier molecular flexibility index (Phi) is 58.4. The summed E-state index contributed by atoms with van der Waals surface area (Å²) in [6.45, 7) is 4.59. The molecule has 2 atom stereocenters. The summed E-state index contributed by atoms with van der Waals surface area (Å²) in [6, 6.07) is 0. The second-order valence-corrected chi connectivity index (χ2v) is 23.0. The van der Waals surface area contributed by atoms with E-state index in [1.165, 1.54) is 141 Å². The highest BCUT2D eigenvalue weighted by Gasteiger charge is 2.22. The highest BCUT2D eigenvalue weighted by Crippen LogP contribution is 2.17. The van der Waals surface area contributed by atoms with Crippen LogP contribution in [-0.2, 0) is 33.3 Å². The van der Waals surface area contributed by atoms with E-state index in [-0.39, 0.29) is 38.6 Å². The molecule has 0 heterocycles. The van der Waals surface area contributed by atoms with Gasteiger partial charge in [0.2, 0.25) is 0 Å². The van der Waals surface area contributed by atoms with Crippen molar-refractivity contribution in [3.8, 4) is 0 Å². The Morgan fingerprint density at radius 3 is 1.06 bits per heavy atom. The third-order valence-corrected chi connectivity index (χ3v) is 14.1. The number of quaternary nitrogens is 1. The number of carboxylic acid groups (broad SMARTS) is 1. The quantitative estimate of drug-likeness (QED) is 0.0195. The molecule has 0 N–H and O–H groups in total. The van der Waals surface area contributed by atoms with E-state index in [1.807, 2.05) is 21.1 Å². The molecule has 0 amide bonds. The SMILES string of the molecule is CC/C=C\C/C=C\C/C=C\C/C=C\C/C=C\C/C=C\CCCCCCCCCCCCCCCCCCCCCCCCC(=O)OC(COC(=O)CCCCCCC/C=C\C/C=C\CCCC)COC(OCC[N+](C)(C)C)C(=O)[O-]. The smallest absolute Gasteiger partial charge is 0.306 e. The number of hydrogen-bond donors (Lipinski definition) is 0. The minimum atomic E-state index is -1.63. The summed E-state index contributed by atoms with van der Waals surface area (Å²) in [6.07, 6.45) is 80.7. The molecule has 0 aromatic heterocycles. The van der Waals surface area contributed by atoms with Crippen molar-refractivity contribution in [2.45, 2.75) is 289 Å². The van der Waals surface area contributed by atoms with Gasteiger partial charge in [-0.1, -0.05) is 272 Å². The van der Waals surface area contributed by atoms with Gasteiger partial charge in [-0.15, -0.1) is 0 Å². The molecule has 2 unspecified atom stereocenters. The molecule has 0 aliphatic heterocycles. The molecule has 0 saturated heterocycles. The van der Waals surface area contributed by atoms with Crippen LogP contribution in [-0.4, -0.2) is 82.3 Å². The molecule has 0 aliphatic carbocycles. The van der Waals surface area contributed by atoms with Crippen molar-refractivity contribution in [3.63, 3.8) is 0 Å². The normalized spacial score (nSPS) is 13.4. The molecule has 80 heavy (non-hydrogen) atoms. The lowest BCUT2D eigenvalue weighted by atomic mass is 10.0. The van der Waals surface area contributed by atoms with Gasteiger partial charge in [-0.05, 0) is 89.9 Å². The number of hydrogen-bond acceptors (Lipinski definition) is 8. The number of unbranched alkanes of at least 4 members (excludes halogenated alkanes) is 29. The van der Waals surface area contributed by atoms with Crippen molar-refractivity contribution in [2.75, 3.05) is 47.5 Å². The molecule has 0 spiro atoms. The van der Waals surface area contributed by atoms with E-state index < -0.39 is 24.3 Å². The maximum atomic E-state index is 12.9. The van der Waals surface area contributed by atoms with Crippen LogP contribution in [0.1, 0.15) is 277 Å². The number of allylic oxidation sites excluding steroid dienone is 16. The van der Waals surface area contributed by atoms with E-state index in [4.69, 9.17) is 18.9 Å². The van der Waals surface area contributed by atoms with Crippen molar-refractivity contribution in [1.82, 2.24) is 0 Å². The predicted octanol–water partition coefficient (Wildman–Crippen LogP) is 18.7. The molecule has 460 valence electrons. The minimum absolute atomic E-state index is 0.144. The number of esters is 2. The summed E-state index contributed by atoms with van der Waals surface area (Å²) >= 11 is 0. The van der Waals surface area contributed by atoms with Gasteiger partial charge in [-0.2, -0.15) is 0 Å². The number of rotatable bonds is 60. The van der Waals surface area contributed by atoms with Gasteiger partial charge in [0.25, 0.3) is 0 Å². The van der Waals surface area contributed by atoms with Crippen LogP contribution in [0.25, 0.3) is 0 Å². The Balaban J connectivity index is 3.97. The second-order valence-electron chi connectivity index (χ2n) is 23.0. The third-order valence-electron chi connectivity index (χ3n) is 14.1. The van der Waals surface area contributed by atoms with Crippen molar-refractivity contribution < 1.29 is 42.9 Å². The fourth-order valence-corrected chi connectivity index (χ4v) is 9.03. The summed E-state index contributed by atoms with van der Waals surface area (Å²) in [5, 5.41) is 11.8. The van der Waals surface area contributed by atoms with Gasteiger partial charge < -0.3 is 33.3 Å². The Morgan fingerprint density at radius 2 is 0.713 bits per heavy atom. The maximum Gasteiger partial charge on any atom is 0.306 e. The predicted molar refractivity (Wildman–Crippen MR) is 338 cm³/mol. The van der Waals surface area contributed by atoms with Crippen LogP contribution in [0.4, 0.5) is 0 Å². The zero-order chi connectivity index (χ0) is 58.3. The number of carbonyl (C=O) groups is 3. The highest BCUT2D eigenvalue weighted by molar-refractivity contribution is 5.70. The molecule has 0 rings (SSSR count). The van der Waals surface area contributed by atoms with Gasteiger partial charge in [0.05, 0.1) is 40.3 Å². The molecule has 0 radical (unpaired) electrons. The molecule has 0 bridgehead atoms. The number of nitrogens with zero attached hydrogens (tertiary/aromatic N) is 1. The van der Waals surface area contributed by atoms with Crippen molar-refractivity contribution in [3.05, 3.63) is 97.2 Å². The summed E-state index contributed by atoms with van der Waals surface area (Å²) in [5.74, 6) is -2.29. The summed E-state index contributed by atoms with van der Waals surface area (Å²) < 4.78 is 22.7. The number of carboxylic acids is 1. The topological polar surface area (TPSA) is 111 Å². The molecular formula is C71H123NO8. The average molecular weight is 1120 g/mol. The van der Waals surface area contributed by atoms with Crippen molar-refractivity contribution >= 4 is 17.9 Å². The zero-order valence-corrected chi connectivity index (χ0v) is 52.4. The van der Waals surface area contributed by atoms with Gasteiger partial charge >= 0.3 is 11.9 Å². The van der Waals surface area contributed by atoms with E-state index in [1.54, 1.807) is 0 Å². The zero-order valence-electron chi connectivity index (χ0n) is 52.4. The summed E-state index contributed by atoms with van der Waals surface area (Å²) in [4.78, 5) is 37.3. The molecule has 0 aromatic rings. The number of ether oxygens (including phenoxy) is 4. The fraction of sp³-hybridized carbons (Fsp3) is 0.732. The van der Waals surface area contributed by atoms with Crippen molar-refractivity contribution in [1.29, 1.82) is 0 Å². The van der Waals surface area contributed by atoms with Crippen LogP contribution in [0.3, 0.4) is 0 Å². The summed E-state index contributed by atoms with van der Waals surface area (Å²) in [5.41, 5.74) is 0. The summed E-state index contributed by atoms with van der Waals surface area (Å²) in [7, 11) is 5.92. The second kappa shape index (κ2) is 61.3. The fourth-order valence-electron chi connectivity index (χ4n) is 9.03. The largest absolute Gasteiger partial charge is 0.545 e. The van der Waals surface area contributed by atoms with Gasteiger partial charge in [0.1, 0.15) is 13.2 Å². The Hall–Kier alpha value is -3.79. The lowest BCUT2D eigenvalue weighted by Crippen LogP contribution is -2.44. The molecule has 0 aromatic carbocycles. The van der Waals surface area contributed by atoms with E-state index in [9.17, 15) is 19.5 Å². The molecule has 0 saturated carbocycles. The lowest BCUT2D eigenvalue weighted by molar-refractivity contribution is -0.870. The first-order valence-electron chi connectivity index (χ1n) is 32.9. The number of aliphatic carboxylic acids is 1. The molecule has 0 fully saturated rings. The minimum Gasteiger partial charge on any atom is -0.545 e. The number of carbonyl (C=O) groups excluding carboxylic acids is 3. The first kappa shape index (κ1) is 76.2. The van der Waals surface area contributed by atoms with E-state index in [0.717, 1.165) is 103 Å².